The highest BCUT2D eigenvalue weighted by Crippen LogP contribution is 2.11. The predicted molar refractivity (Wildman–Crippen MR) is 70.4 cm³/mol. The summed E-state index contributed by atoms with van der Waals surface area (Å²) in [6, 6.07) is 4.04. The molecule has 2 aromatic rings. The molecule has 4 N–H and O–H groups in total. The van der Waals surface area contributed by atoms with Gasteiger partial charge < -0.3 is 10.1 Å². The third kappa shape index (κ3) is 3.75. The molecule has 100 valence electrons. The molecule has 0 fully saturated rings. The molecule has 0 radical (unpaired) electrons. The molecule has 0 spiro atoms. The molecule has 0 aliphatic heterocycles. The van der Waals surface area contributed by atoms with Crippen molar-refractivity contribution in [2.45, 2.75) is 13.5 Å². The van der Waals surface area contributed by atoms with Crippen LogP contribution in [0.15, 0.2) is 24.5 Å². The lowest BCUT2D eigenvalue weighted by Crippen LogP contribution is -2.14. The molecule has 2 rings (SSSR count). The lowest BCUT2D eigenvalue weighted by molar-refractivity contribution is 0.312. The van der Waals surface area contributed by atoms with Crippen LogP contribution in [0, 0.1) is 0 Å². The van der Waals surface area contributed by atoms with Gasteiger partial charge in [-0.25, -0.2) is 5.84 Å². The van der Waals surface area contributed by atoms with E-state index < -0.39 is 0 Å². The number of rotatable bonds is 6. The molecule has 19 heavy (non-hydrogen) atoms. The summed E-state index contributed by atoms with van der Waals surface area (Å²) in [6.07, 6.45) is 3.48. The van der Waals surface area contributed by atoms with E-state index in [0.717, 1.165) is 5.56 Å². The lowest BCUT2D eigenvalue weighted by atomic mass is 10.3. The normalized spacial score (nSPS) is 10.0. The highest BCUT2D eigenvalue weighted by molar-refractivity contribution is 5.35. The quantitative estimate of drug-likeness (QED) is 0.511. The van der Waals surface area contributed by atoms with Gasteiger partial charge in [0.05, 0.1) is 6.61 Å². The number of nitrogens with zero attached hydrogens (tertiary/aromatic N) is 4. The molecular formula is C11H15N7O. The number of aromatic nitrogens is 4. The van der Waals surface area contributed by atoms with Gasteiger partial charge >= 0.3 is 6.01 Å². The summed E-state index contributed by atoms with van der Waals surface area (Å²) in [5.74, 6) is 5.92. The summed E-state index contributed by atoms with van der Waals surface area (Å²) in [7, 11) is 0. The summed E-state index contributed by atoms with van der Waals surface area (Å²) in [6.45, 7) is 2.87. The fraction of sp³-hybridized carbons (Fsp3) is 0.273. The summed E-state index contributed by atoms with van der Waals surface area (Å²) >= 11 is 0. The molecular weight excluding hydrogens is 246 g/mol. The van der Waals surface area contributed by atoms with Crippen molar-refractivity contribution in [2.75, 3.05) is 17.3 Å². The Labute approximate surface area is 110 Å². The predicted octanol–water partition coefficient (Wildman–Crippen LogP) is 0.563. The molecule has 0 aliphatic rings. The number of ether oxygens (including phenoxy) is 1. The van der Waals surface area contributed by atoms with Gasteiger partial charge in [0.15, 0.2) is 0 Å². The molecule has 0 saturated heterocycles. The van der Waals surface area contributed by atoms with Gasteiger partial charge in [-0.05, 0) is 18.6 Å². The molecule has 2 heterocycles. The summed E-state index contributed by atoms with van der Waals surface area (Å²) in [5, 5.41) is 3.06. The lowest BCUT2D eigenvalue weighted by Gasteiger charge is -2.08. The number of anilines is 2. The van der Waals surface area contributed by atoms with Gasteiger partial charge in [0.25, 0.3) is 0 Å². The first-order chi connectivity index (χ1) is 9.31. The molecule has 0 atom stereocenters. The molecule has 2 aromatic heterocycles. The minimum Gasteiger partial charge on any atom is -0.464 e. The van der Waals surface area contributed by atoms with E-state index in [1.807, 2.05) is 19.1 Å². The van der Waals surface area contributed by atoms with Gasteiger partial charge in [-0.3, -0.25) is 10.4 Å². The van der Waals surface area contributed by atoms with Crippen LogP contribution in [0.4, 0.5) is 11.9 Å². The zero-order valence-electron chi connectivity index (χ0n) is 10.5. The number of hydrogen-bond donors (Lipinski definition) is 3. The van der Waals surface area contributed by atoms with E-state index in [1.165, 1.54) is 0 Å². The van der Waals surface area contributed by atoms with E-state index >= 15 is 0 Å². The number of hydrogen-bond acceptors (Lipinski definition) is 8. The highest BCUT2D eigenvalue weighted by Gasteiger charge is 2.06. The second-order valence-corrected chi connectivity index (χ2v) is 3.56. The van der Waals surface area contributed by atoms with Gasteiger partial charge in [0.1, 0.15) is 0 Å². The topological polar surface area (TPSA) is 111 Å². The van der Waals surface area contributed by atoms with Crippen LogP contribution in [0.1, 0.15) is 12.5 Å². The van der Waals surface area contributed by atoms with Crippen molar-refractivity contribution in [3.63, 3.8) is 0 Å². The minimum atomic E-state index is 0.221. The van der Waals surface area contributed by atoms with Gasteiger partial charge in [0, 0.05) is 18.9 Å². The van der Waals surface area contributed by atoms with E-state index in [0.29, 0.717) is 19.1 Å². The molecule has 0 bridgehead atoms. The average Bonchev–Trinajstić information content (AvgIpc) is 2.46. The third-order valence-electron chi connectivity index (χ3n) is 2.19. The van der Waals surface area contributed by atoms with Crippen molar-refractivity contribution in [2.24, 2.45) is 5.84 Å². The maximum atomic E-state index is 5.29. The Morgan fingerprint density at radius 2 is 2.11 bits per heavy atom. The Hall–Kier alpha value is -2.48. The van der Waals surface area contributed by atoms with Crippen LogP contribution < -0.4 is 21.3 Å². The van der Waals surface area contributed by atoms with Crippen LogP contribution >= 0.6 is 0 Å². The molecule has 0 aromatic carbocycles. The molecule has 0 unspecified atom stereocenters. The van der Waals surface area contributed by atoms with Crippen molar-refractivity contribution in [3.8, 4) is 6.01 Å². The van der Waals surface area contributed by atoms with E-state index in [1.54, 1.807) is 12.4 Å². The number of hydrazine groups is 1. The van der Waals surface area contributed by atoms with E-state index in [4.69, 9.17) is 10.6 Å². The summed E-state index contributed by atoms with van der Waals surface area (Å²) in [5.41, 5.74) is 3.39. The van der Waals surface area contributed by atoms with Crippen LogP contribution in [-0.2, 0) is 6.54 Å². The van der Waals surface area contributed by atoms with Crippen LogP contribution in [0.2, 0.25) is 0 Å². The first kappa shape index (κ1) is 13.0. The van der Waals surface area contributed by atoms with Crippen molar-refractivity contribution in [1.82, 2.24) is 19.9 Å². The Bertz CT molecular complexity index is 520. The fourth-order valence-corrected chi connectivity index (χ4v) is 1.38. The van der Waals surface area contributed by atoms with Crippen molar-refractivity contribution < 1.29 is 4.74 Å². The van der Waals surface area contributed by atoms with Crippen LogP contribution in [0.3, 0.4) is 0 Å². The maximum Gasteiger partial charge on any atom is 0.323 e. The van der Waals surface area contributed by atoms with Crippen LogP contribution in [0.5, 0.6) is 6.01 Å². The van der Waals surface area contributed by atoms with Gasteiger partial charge in [-0.2, -0.15) is 15.0 Å². The van der Waals surface area contributed by atoms with Crippen molar-refractivity contribution >= 4 is 11.9 Å². The minimum absolute atomic E-state index is 0.221. The van der Waals surface area contributed by atoms with E-state index in [-0.39, 0.29) is 12.0 Å². The summed E-state index contributed by atoms with van der Waals surface area (Å²) < 4.78 is 5.23. The first-order valence-electron chi connectivity index (χ1n) is 5.80. The SMILES string of the molecule is CCOc1nc(NN)nc(NCc2cccnc2)n1. The second kappa shape index (κ2) is 6.45. The van der Waals surface area contributed by atoms with E-state index in [9.17, 15) is 0 Å². The third-order valence-corrected chi connectivity index (χ3v) is 2.19. The van der Waals surface area contributed by atoms with Crippen LogP contribution in [0.25, 0.3) is 0 Å². The molecule has 8 heteroatoms. The van der Waals surface area contributed by atoms with Gasteiger partial charge in [0.2, 0.25) is 11.9 Å². The summed E-state index contributed by atoms with van der Waals surface area (Å²) in [4.78, 5) is 16.2. The molecule has 0 amide bonds. The zero-order chi connectivity index (χ0) is 13.5. The fourth-order valence-electron chi connectivity index (χ4n) is 1.38. The van der Waals surface area contributed by atoms with Crippen molar-refractivity contribution in [1.29, 1.82) is 0 Å². The largest absolute Gasteiger partial charge is 0.464 e. The second-order valence-electron chi connectivity index (χ2n) is 3.56. The maximum absolute atomic E-state index is 5.29. The Kier molecular flexibility index (Phi) is 4.40. The Balaban J connectivity index is 2.08. The number of nitrogens with one attached hydrogen (secondary N) is 2. The van der Waals surface area contributed by atoms with Gasteiger partial charge in [-0.1, -0.05) is 6.07 Å². The Morgan fingerprint density at radius 3 is 2.79 bits per heavy atom. The Morgan fingerprint density at radius 1 is 1.26 bits per heavy atom. The standard InChI is InChI=1S/C11H15N7O/c1-2-19-11-16-9(15-10(17-11)18-12)14-7-8-4-3-5-13-6-8/h3-6H,2,7,12H2,1H3,(H2,14,15,16,17,18). The number of nitrogen functional groups attached to an aromatic ring is 1. The van der Waals surface area contributed by atoms with E-state index in [2.05, 4.69) is 30.7 Å². The monoisotopic (exact) mass is 261 g/mol. The molecule has 0 aliphatic carbocycles. The van der Waals surface area contributed by atoms with Crippen LogP contribution in [-0.4, -0.2) is 26.5 Å². The molecule has 8 nitrogen and oxygen atoms in total. The zero-order valence-corrected chi connectivity index (χ0v) is 10.5. The average molecular weight is 261 g/mol. The number of pyridine rings is 1. The molecule has 0 saturated carbocycles. The highest BCUT2D eigenvalue weighted by atomic mass is 16.5. The van der Waals surface area contributed by atoms with Gasteiger partial charge in [-0.15, -0.1) is 0 Å². The smallest absolute Gasteiger partial charge is 0.323 e. The number of nitrogens with two attached hydrogens (primary N) is 1. The first-order valence-corrected chi connectivity index (χ1v) is 5.80. The van der Waals surface area contributed by atoms with Crippen molar-refractivity contribution in [3.05, 3.63) is 30.1 Å².